The van der Waals surface area contributed by atoms with Crippen molar-refractivity contribution in [3.05, 3.63) is 60.2 Å². The summed E-state index contributed by atoms with van der Waals surface area (Å²) in [5.74, 6) is 1.51. The van der Waals surface area contributed by atoms with Gasteiger partial charge in [-0.05, 0) is 75.8 Å². The van der Waals surface area contributed by atoms with Crippen molar-refractivity contribution in [3.8, 4) is 0 Å². The third-order valence-electron chi connectivity index (χ3n) is 6.39. The molecular formula is C26H41N3. The molecule has 0 saturated heterocycles. The highest BCUT2D eigenvalue weighted by atomic mass is 15.2. The van der Waals surface area contributed by atoms with Gasteiger partial charge in [-0.2, -0.15) is 0 Å². The van der Waals surface area contributed by atoms with Crippen LogP contribution < -0.4 is 0 Å². The topological polar surface area (TPSA) is 29.0 Å². The summed E-state index contributed by atoms with van der Waals surface area (Å²) in [7, 11) is 0. The van der Waals surface area contributed by atoms with Crippen molar-refractivity contribution in [3.63, 3.8) is 0 Å². The Hall–Kier alpha value is -1.74. The zero-order valence-corrected chi connectivity index (χ0v) is 19.7. The first kappa shape index (κ1) is 23.5. The highest BCUT2D eigenvalue weighted by Gasteiger charge is 2.35. The number of hydrogen-bond donors (Lipinski definition) is 0. The molecule has 1 unspecified atom stereocenters. The molecule has 0 radical (unpaired) electrons. The molecule has 2 rings (SSSR count). The molecule has 0 bridgehead atoms. The monoisotopic (exact) mass is 395 g/mol. The Morgan fingerprint density at radius 2 is 1.55 bits per heavy atom. The molecule has 29 heavy (non-hydrogen) atoms. The second-order valence-electron chi connectivity index (χ2n) is 10.2. The fourth-order valence-corrected chi connectivity index (χ4v) is 4.27. The average molecular weight is 396 g/mol. The van der Waals surface area contributed by atoms with Crippen molar-refractivity contribution in [2.75, 3.05) is 6.54 Å². The van der Waals surface area contributed by atoms with E-state index in [4.69, 9.17) is 0 Å². The molecule has 0 spiro atoms. The van der Waals surface area contributed by atoms with Gasteiger partial charge in [-0.25, -0.2) is 0 Å². The number of rotatable bonds is 11. The van der Waals surface area contributed by atoms with E-state index in [0.717, 1.165) is 37.0 Å². The second-order valence-corrected chi connectivity index (χ2v) is 10.2. The molecular weight excluding hydrogens is 354 g/mol. The van der Waals surface area contributed by atoms with Crippen molar-refractivity contribution in [1.82, 2.24) is 14.9 Å². The van der Waals surface area contributed by atoms with E-state index in [-0.39, 0.29) is 11.0 Å². The lowest BCUT2D eigenvalue weighted by Crippen LogP contribution is -2.48. The Labute approximate surface area is 179 Å². The minimum absolute atomic E-state index is 0.0123. The standard InChI is InChI=1S/C26H41N3/c1-21(2)22(3)13-12-18-29(19-23-14-8-10-16-27-23)26(6,7)20-25(4,5)24-15-9-11-17-28-24/h8-11,14-17,21-22H,12-13,18-20H2,1-7H3. The van der Waals surface area contributed by atoms with Crippen LogP contribution in [0.15, 0.2) is 48.8 Å². The van der Waals surface area contributed by atoms with Gasteiger partial charge in [-0.15, -0.1) is 0 Å². The third kappa shape index (κ3) is 7.22. The maximum Gasteiger partial charge on any atom is 0.0544 e. The molecule has 2 heterocycles. The number of hydrogen-bond acceptors (Lipinski definition) is 3. The van der Waals surface area contributed by atoms with Gasteiger partial charge in [0.05, 0.1) is 5.69 Å². The predicted octanol–water partition coefficient (Wildman–Crippen LogP) is 6.50. The summed E-state index contributed by atoms with van der Waals surface area (Å²) in [5, 5.41) is 0. The molecule has 2 aromatic rings. The lowest BCUT2D eigenvalue weighted by molar-refractivity contribution is 0.0765. The molecule has 3 heteroatoms. The van der Waals surface area contributed by atoms with E-state index in [1.807, 2.05) is 24.5 Å². The first-order valence-corrected chi connectivity index (χ1v) is 11.2. The summed E-state index contributed by atoms with van der Waals surface area (Å²) in [5.41, 5.74) is 2.37. The summed E-state index contributed by atoms with van der Waals surface area (Å²) in [4.78, 5) is 11.9. The van der Waals surface area contributed by atoms with Crippen molar-refractivity contribution in [1.29, 1.82) is 0 Å². The van der Waals surface area contributed by atoms with Crippen LogP contribution in [0.1, 0.15) is 79.1 Å². The number of nitrogens with zero attached hydrogens (tertiary/aromatic N) is 3. The third-order valence-corrected chi connectivity index (χ3v) is 6.39. The molecule has 0 saturated carbocycles. The van der Waals surface area contributed by atoms with Crippen LogP contribution in [0.25, 0.3) is 0 Å². The van der Waals surface area contributed by atoms with Crippen LogP contribution >= 0.6 is 0 Å². The van der Waals surface area contributed by atoms with E-state index in [2.05, 4.69) is 87.6 Å². The van der Waals surface area contributed by atoms with Crippen molar-refractivity contribution >= 4 is 0 Å². The molecule has 160 valence electrons. The Morgan fingerprint density at radius 3 is 2.10 bits per heavy atom. The molecule has 0 aliphatic rings. The smallest absolute Gasteiger partial charge is 0.0544 e. The molecule has 2 aromatic heterocycles. The average Bonchev–Trinajstić information content (AvgIpc) is 2.67. The van der Waals surface area contributed by atoms with Crippen LogP contribution in [0.5, 0.6) is 0 Å². The molecule has 0 amide bonds. The van der Waals surface area contributed by atoms with E-state index in [1.54, 1.807) is 0 Å². The van der Waals surface area contributed by atoms with E-state index < -0.39 is 0 Å². The van der Waals surface area contributed by atoms with Crippen LogP contribution in [-0.4, -0.2) is 27.0 Å². The Balaban J connectivity index is 2.15. The highest BCUT2D eigenvalue weighted by molar-refractivity contribution is 5.16. The van der Waals surface area contributed by atoms with Gasteiger partial charge in [0, 0.05) is 35.6 Å². The fraction of sp³-hybridized carbons (Fsp3) is 0.615. The minimum Gasteiger partial charge on any atom is -0.292 e. The summed E-state index contributed by atoms with van der Waals surface area (Å²) in [6.07, 6.45) is 7.35. The number of aromatic nitrogens is 2. The van der Waals surface area contributed by atoms with Gasteiger partial charge in [0.25, 0.3) is 0 Å². The molecule has 0 aliphatic heterocycles. The largest absolute Gasteiger partial charge is 0.292 e. The zero-order valence-electron chi connectivity index (χ0n) is 19.7. The Kier molecular flexibility index (Phi) is 8.39. The van der Waals surface area contributed by atoms with Crippen molar-refractivity contribution in [2.45, 2.75) is 85.2 Å². The predicted molar refractivity (Wildman–Crippen MR) is 124 cm³/mol. The van der Waals surface area contributed by atoms with Crippen molar-refractivity contribution < 1.29 is 0 Å². The van der Waals surface area contributed by atoms with Gasteiger partial charge in [0.2, 0.25) is 0 Å². The van der Waals surface area contributed by atoms with Gasteiger partial charge >= 0.3 is 0 Å². The molecule has 0 aromatic carbocycles. The highest BCUT2D eigenvalue weighted by Crippen LogP contribution is 2.35. The van der Waals surface area contributed by atoms with Gasteiger partial charge in [0.15, 0.2) is 0 Å². The quantitative estimate of drug-likeness (QED) is 0.435. The zero-order chi connectivity index (χ0) is 21.5. The second kappa shape index (κ2) is 10.3. The van der Waals surface area contributed by atoms with Crippen molar-refractivity contribution in [2.24, 2.45) is 11.8 Å². The SMILES string of the molecule is CC(C)C(C)CCCN(Cc1ccccn1)C(C)(C)CC(C)(C)c1ccccn1. The van der Waals surface area contributed by atoms with Crippen LogP contribution in [0.2, 0.25) is 0 Å². The van der Waals surface area contributed by atoms with E-state index >= 15 is 0 Å². The number of pyridine rings is 2. The van der Waals surface area contributed by atoms with E-state index in [9.17, 15) is 0 Å². The maximum atomic E-state index is 4.65. The van der Waals surface area contributed by atoms with Crippen LogP contribution in [0, 0.1) is 11.8 Å². The van der Waals surface area contributed by atoms with Crippen LogP contribution in [0.4, 0.5) is 0 Å². The van der Waals surface area contributed by atoms with Gasteiger partial charge in [-0.1, -0.05) is 46.8 Å². The van der Waals surface area contributed by atoms with E-state index in [1.165, 1.54) is 18.5 Å². The maximum absolute atomic E-state index is 4.65. The van der Waals surface area contributed by atoms with Gasteiger partial charge < -0.3 is 0 Å². The fourth-order valence-electron chi connectivity index (χ4n) is 4.27. The first-order valence-electron chi connectivity index (χ1n) is 11.2. The van der Waals surface area contributed by atoms with Gasteiger partial charge in [-0.3, -0.25) is 14.9 Å². The first-order chi connectivity index (χ1) is 13.6. The summed E-state index contributed by atoms with van der Waals surface area (Å²) in [6.45, 7) is 18.4. The van der Waals surface area contributed by atoms with Crippen LogP contribution in [0.3, 0.4) is 0 Å². The molecule has 0 aliphatic carbocycles. The molecule has 3 nitrogen and oxygen atoms in total. The lowest BCUT2D eigenvalue weighted by Gasteiger charge is -2.43. The van der Waals surface area contributed by atoms with E-state index in [0.29, 0.717) is 0 Å². The molecule has 1 atom stereocenters. The molecule has 0 fully saturated rings. The Morgan fingerprint density at radius 1 is 0.897 bits per heavy atom. The normalized spacial score (nSPS) is 13.8. The summed E-state index contributed by atoms with van der Waals surface area (Å²) < 4.78 is 0. The van der Waals surface area contributed by atoms with Gasteiger partial charge in [0.1, 0.15) is 0 Å². The minimum atomic E-state index is 0.0123. The summed E-state index contributed by atoms with van der Waals surface area (Å²) in [6, 6.07) is 12.5. The lowest BCUT2D eigenvalue weighted by atomic mass is 9.76. The molecule has 0 N–H and O–H groups in total. The van der Waals surface area contributed by atoms with Crippen LogP contribution in [-0.2, 0) is 12.0 Å². The summed E-state index contributed by atoms with van der Waals surface area (Å²) >= 11 is 0. The Bertz CT molecular complexity index is 707.